The Morgan fingerprint density at radius 1 is 0.327 bits per heavy atom. The Labute approximate surface area is 627 Å². The summed E-state index contributed by atoms with van der Waals surface area (Å²) >= 11 is 0. The summed E-state index contributed by atoms with van der Waals surface area (Å²) in [6, 6.07) is 29.4. The van der Waals surface area contributed by atoms with Gasteiger partial charge in [0.15, 0.2) is 16.6 Å². The first kappa shape index (κ1) is 94.5. The minimum atomic E-state index is -2.59. The Bertz CT molecular complexity index is 3270. The minimum absolute atomic E-state index is 0. The molecule has 2 aromatic heterocycles. The van der Waals surface area contributed by atoms with E-state index in [2.05, 4.69) is 127 Å². The highest BCUT2D eigenvalue weighted by atomic mass is 28.5. The third kappa shape index (κ3) is 36.4. The zero-order valence-corrected chi connectivity index (χ0v) is 66.9. The van der Waals surface area contributed by atoms with E-state index in [9.17, 15) is 19.2 Å². The fourth-order valence-electron chi connectivity index (χ4n) is 10.0. The molecule has 580 valence electrons. The number of unbranched alkanes of at least 4 members (excludes halogenated alkanes) is 4. The smallest absolute Gasteiger partial charge is 0.338 e. The van der Waals surface area contributed by atoms with Gasteiger partial charge in [-0.1, -0.05) is 83.1 Å². The predicted octanol–water partition coefficient (Wildman–Crippen LogP) is 19.3. The third-order valence-electron chi connectivity index (χ3n) is 14.3. The second kappa shape index (κ2) is 47.8. The molecule has 0 aliphatic carbocycles. The largest absolute Gasteiger partial charge is 0.462 e. The molecule has 4 aromatic carbocycles. The van der Waals surface area contributed by atoms with Crippen LogP contribution in [0.1, 0.15) is 177 Å². The van der Waals surface area contributed by atoms with Gasteiger partial charge < -0.3 is 72.0 Å². The normalized spacial score (nSPS) is 11.8. The molecule has 0 radical (unpaired) electrons. The van der Waals surface area contributed by atoms with Crippen molar-refractivity contribution in [3.8, 4) is 0 Å². The van der Waals surface area contributed by atoms with Crippen molar-refractivity contribution in [1.82, 2.24) is 29.9 Å². The average Bonchev–Trinajstić information content (AvgIpc) is 0.825. The van der Waals surface area contributed by atoms with Crippen LogP contribution in [0.5, 0.6) is 0 Å². The molecule has 25 nitrogen and oxygen atoms in total. The fourth-order valence-corrected chi connectivity index (χ4v) is 30.4. The second-order valence-corrected chi connectivity index (χ2v) is 46.3. The minimum Gasteiger partial charge on any atom is -0.462 e. The summed E-state index contributed by atoms with van der Waals surface area (Å²) in [4.78, 5) is 77.0. The van der Waals surface area contributed by atoms with Crippen molar-refractivity contribution in [2.24, 2.45) is 0 Å². The molecular weight excluding hydrogens is 1410 g/mol. The Hall–Kier alpha value is -7.54. The predicted molar refractivity (Wildman–Crippen MR) is 436 cm³/mol. The lowest BCUT2D eigenvalue weighted by atomic mass is 10.2. The molecule has 1 atom stereocenters. The Kier molecular flexibility index (Phi) is 43.4. The number of aromatic nitrogens is 6. The SMILES string of the molecule is C.C.C.C.CCCCOC(=O)c1ccc(Nc2nc(NCCC[Si](C)(OCC)OCC)nc(Nc3ccc(C(=O)OCCCC)cc3)n2)cc1.CCCCOC(=O)c1ccc(Nc2nc(NCCC[Si](C)(O[Si](C)(C)C)O[Si](C)(C)O[Si](C)(C)C)nc(Nc3ccc(C(=O)OCCCC)cc3)n2)cc1. The first-order chi connectivity index (χ1) is 47.6. The van der Waals surface area contributed by atoms with Gasteiger partial charge in [-0.2, -0.15) is 29.9 Å². The number of anilines is 10. The number of ether oxygens (including phenoxy) is 4. The van der Waals surface area contributed by atoms with Crippen molar-refractivity contribution in [3.63, 3.8) is 0 Å². The number of hydrogen-bond acceptors (Lipinski definition) is 25. The van der Waals surface area contributed by atoms with Gasteiger partial charge in [0, 0.05) is 49.1 Å². The summed E-state index contributed by atoms with van der Waals surface area (Å²) in [5, 5.41) is 19.5. The Morgan fingerprint density at radius 2 is 0.577 bits per heavy atom. The summed E-state index contributed by atoms with van der Waals surface area (Å²) in [7, 11) is -11.0. The maximum atomic E-state index is 12.4. The monoisotopic (exact) mass is 1530 g/mol. The number of rotatable bonds is 44. The summed E-state index contributed by atoms with van der Waals surface area (Å²) in [5.74, 6) is 0.519. The molecule has 0 aliphatic rings. The molecule has 0 aliphatic heterocycles. The molecule has 0 saturated heterocycles. The van der Waals surface area contributed by atoms with Crippen molar-refractivity contribution in [2.45, 2.75) is 213 Å². The Morgan fingerprint density at radius 3 is 0.817 bits per heavy atom. The lowest BCUT2D eigenvalue weighted by Gasteiger charge is -2.41. The van der Waals surface area contributed by atoms with E-state index in [1.165, 1.54) is 0 Å². The molecule has 104 heavy (non-hydrogen) atoms. The number of carbonyl (C=O) groups is 4. The van der Waals surface area contributed by atoms with E-state index in [-0.39, 0.29) is 53.6 Å². The van der Waals surface area contributed by atoms with Gasteiger partial charge in [-0.25, -0.2) is 19.2 Å². The van der Waals surface area contributed by atoms with E-state index in [1.54, 1.807) is 97.1 Å². The summed E-state index contributed by atoms with van der Waals surface area (Å²) in [5.41, 5.74) is 4.61. The maximum absolute atomic E-state index is 12.4. The molecular formula is C74H126N12O13Si5. The van der Waals surface area contributed by atoms with Crippen molar-refractivity contribution in [1.29, 1.82) is 0 Å². The van der Waals surface area contributed by atoms with E-state index in [1.807, 2.05) is 41.5 Å². The van der Waals surface area contributed by atoms with Gasteiger partial charge in [0.1, 0.15) is 0 Å². The number of hydrogen-bond donors (Lipinski definition) is 6. The molecule has 6 N–H and O–H groups in total. The quantitative estimate of drug-likeness (QED) is 0.00896. The molecule has 30 heteroatoms. The van der Waals surface area contributed by atoms with Crippen molar-refractivity contribution in [3.05, 3.63) is 119 Å². The average molecular weight is 1530 g/mol. The van der Waals surface area contributed by atoms with Crippen LogP contribution in [-0.4, -0.2) is 149 Å². The van der Waals surface area contributed by atoms with Gasteiger partial charge >= 0.3 is 49.6 Å². The Balaban J connectivity index is 0.00000101. The summed E-state index contributed by atoms with van der Waals surface area (Å²) in [6.45, 7) is 37.8. The van der Waals surface area contributed by atoms with Gasteiger partial charge in [-0.15, -0.1) is 0 Å². The highest BCUT2D eigenvalue weighted by Gasteiger charge is 2.44. The first-order valence-corrected chi connectivity index (χ1v) is 49.8. The van der Waals surface area contributed by atoms with Crippen LogP contribution in [0.4, 0.5) is 58.4 Å². The van der Waals surface area contributed by atoms with Crippen LogP contribution in [0.15, 0.2) is 97.1 Å². The topological polar surface area (TPSA) is 301 Å². The second-order valence-electron chi connectivity index (χ2n) is 26.5. The first-order valence-electron chi connectivity index (χ1n) is 35.1. The van der Waals surface area contributed by atoms with E-state index in [0.29, 0.717) is 133 Å². The molecule has 0 fully saturated rings. The molecule has 6 rings (SSSR count). The van der Waals surface area contributed by atoms with E-state index in [4.69, 9.17) is 40.1 Å². The number of nitrogens with one attached hydrogen (secondary N) is 6. The van der Waals surface area contributed by atoms with Gasteiger partial charge in [0.05, 0.1) is 48.7 Å². The van der Waals surface area contributed by atoms with E-state index >= 15 is 0 Å². The number of benzene rings is 4. The highest BCUT2D eigenvalue weighted by Crippen LogP contribution is 2.29. The fraction of sp³-hybridized carbons (Fsp3) is 0.541. The van der Waals surface area contributed by atoms with Gasteiger partial charge in [-0.3, -0.25) is 0 Å². The molecule has 0 saturated carbocycles. The van der Waals surface area contributed by atoms with Crippen LogP contribution < -0.4 is 31.9 Å². The third-order valence-corrected chi connectivity index (χ3v) is 30.9. The van der Waals surface area contributed by atoms with Gasteiger partial charge in [-0.05, 0) is 227 Å². The van der Waals surface area contributed by atoms with Crippen LogP contribution in [0, 0.1) is 0 Å². The van der Waals surface area contributed by atoms with Crippen molar-refractivity contribution in [2.75, 3.05) is 84.6 Å². The molecule has 0 spiro atoms. The molecule has 2 heterocycles. The standard InChI is InChI=1S/C37H62N6O7Si4.C33H48N6O6Si.4CH4/c1-12-14-26-46-33(44)29-17-21-31(22-18-29)39-36-41-35(42-37(43-36)40-32-23-19-30(20-24-32)34(45)47-27-15-13-2)38-25-16-28-54(11,49-52(6,7)8)50-53(9,10)48-51(3,4)5;1-6-10-22-42-29(40)25-13-17-27(18-14-25)35-32-37-31(34-21-12-24-46(5,44-8-3)45-9-4)38-33(39-32)36-28-19-15-26(16-20-28)30(41)43-23-11-7-2;;;;/h17-24H,12-16,25-28H2,1-11H3,(H3,38,39,40,41,42,43);13-20H,6-12,21-24H2,1-5H3,(H3,34,35,36,37,38,39);4*1H4. The van der Waals surface area contributed by atoms with E-state index in [0.717, 1.165) is 76.3 Å². The molecule has 6 aromatic rings. The van der Waals surface area contributed by atoms with Crippen LogP contribution in [0.2, 0.25) is 77.6 Å². The lowest BCUT2D eigenvalue weighted by Crippen LogP contribution is -2.56. The van der Waals surface area contributed by atoms with Crippen LogP contribution >= 0.6 is 0 Å². The van der Waals surface area contributed by atoms with Crippen LogP contribution in [-0.2, 0) is 40.1 Å². The number of carbonyl (C=O) groups excluding carboxylic acids is 4. The van der Waals surface area contributed by atoms with Gasteiger partial charge in [0.25, 0.3) is 0 Å². The lowest BCUT2D eigenvalue weighted by molar-refractivity contribution is 0.0490. The number of nitrogens with zero attached hydrogens (tertiary/aromatic N) is 6. The van der Waals surface area contributed by atoms with Crippen molar-refractivity contribution < 1.29 is 59.3 Å². The highest BCUT2D eigenvalue weighted by molar-refractivity contribution is 6.89. The van der Waals surface area contributed by atoms with Gasteiger partial charge in [0.2, 0.25) is 35.7 Å². The zero-order valence-electron chi connectivity index (χ0n) is 61.9. The molecule has 1 unspecified atom stereocenters. The van der Waals surface area contributed by atoms with Crippen molar-refractivity contribution >= 4 is 125 Å². The van der Waals surface area contributed by atoms with Crippen LogP contribution in [0.25, 0.3) is 0 Å². The zero-order chi connectivity index (χ0) is 73.2. The van der Waals surface area contributed by atoms with E-state index < -0.39 is 42.3 Å². The molecule has 0 bridgehead atoms. The summed E-state index contributed by atoms with van der Waals surface area (Å²) < 4.78 is 53.4. The molecule has 0 amide bonds. The summed E-state index contributed by atoms with van der Waals surface area (Å²) in [6.07, 6.45) is 8.69. The van der Waals surface area contributed by atoms with Crippen LogP contribution in [0.3, 0.4) is 0 Å². The number of esters is 4. The maximum Gasteiger partial charge on any atom is 0.338 e.